The van der Waals surface area contributed by atoms with Crippen molar-refractivity contribution >= 4 is 27.9 Å². The topological polar surface area (TPSA) is 67.5 Å². The van der Waals surface area contributed by atoms with E-state index >= 15 is 0 Å². The molecule has 0 aliphatic carbocycles. The zero-order chi connectivity index (χ0) is 20.8. The van der Waals surface area contributed by atoms with E-state index in [4.69, 9.17) is 14.5 Å². The molecule has 154 valence electrons. The number of carbonyl (C=O) groups excluding carboxylic acids is 1. The molecule has 2 aromatic carbocycles. The molecule has 0 saturated carbocycles. The van der Waals surface area contributed by atoms with Gasteiger partial charge in [-0.2, -0.15) is 0 Å². The summed E-state index contributed by atoms with van der Waals surface area (Å²) in [4.78, 5) is 23.1. The van der Waals surface area contributed by atoms with Crippen LogP contribution in [0.1, 0.15) is 44.6 Å². The quantitative estimate of drug-likeness (QED) is 0.680. The molecule has 1 aliphatic heterocycles. The van der Waals surface area contributed by atoms with Gasteiger partial charge in [-0.25, -0.2) is 9.78 Å². The lowest BCUT2D eigenvalue weighted by atomic mass is 10.1. The van der Waals surface area contributed by atoms with E-state index in [0.29, 0.717) is 13.2 Å². The predicted octanol–water partition coefficient (Wildman–Crippen LogP) is 4.97. The van der Waals surface area contributed by atoms with Crippen LogP contribution in [0.5, 0.6) is 0 Å². The molecule has 6 heteroatoms. The second-order valence-corrected chi connectivity index (χ2v) is 9.01. The fourth-order valence-electron chi connectivity index (χ4n) is 4.16. The number of hydrogen-bond donors (Lipinski definition) is 1. The van der Waals surface area contributed by atoms with Gasteiger partial charge in [-0.15, -0.1) is 0 Å². The summed E-state index contributed by atoms with van der Waals surface area (Å²) in [5.41, 5.74) is 2.61. The normalized spacial score (nSPS) is 20.0. The summed E-state index contributed by atoms with van der Waals surface area (Å²) in [6, 6.07) is 10.4. The van der Waals surface area contributed by atoms with Crippen LogP contribution in [-0.4, -0.2) is 46.8 Å². The zero-order valence-corrected chi connectivity index (χ0v) is 17.8. The number of nitrogens with zero attached hydrogens (tertiary/aromatic N) is 2. The van der Waals surface area contributed by atoms with E-state index in [9.17, 15) is 4.79 Å². The number of aryl methyl sites for hydroxylation is 1. The van der Waals surface area contributed by atoms with Crippen LogP contribution < -0.4 is 0 Å². The Bertz CT molecular complexity index is 1050. The SMILES string of the molecule is COC[C@H]1C[C@@H](c2nc3c(ccc4cc(C)ccc43)[nH]2)N(C(=O)OC(C)(C)C)C1. The third kappa shape index (κ3) is 3.94. The maximum Gasteiger partial charge on any atom is 0.410 e. The summed E-state index contributed by atoms with van der Waals surface area (Å²) in [5.74, 6) is 1.06. The number of hydrogen-bond acceptors (Lipinski definition) is 4. The van der Waals surface area contributed by atoms with Crippen LogP contribution in [0.15, 0.2) is 30.3 Å². The van der Waals surface area contributed by atoms with Crippen molar-refractivity contribution in [2.24, 2.45) is 5.92 Å². The van der Waals surface area contributed by atoms with Gasteiger partial charge in [0.2, 0.25) is 0 Å². The molecule has 1 fully saturated rings. The number of carbonyl (C=O) groups is 1. The van der Waals surface area contributed by atoms with Crippen LogP contribution in [0.4, 0.5) is 4.79 Å². The van der Waals surface area contributed by atoms with Crippen LogP contribution in [0.25, 0.3) is 21.8 Å². The Balaban J connectivity index is 1.72. The number of amides is 1. The molecule has 4 rings (SSSR count). The number of ether oxygens (including phenoxy) is 2. The number of rotatable bonds is 3. The number of nitrogens with one attached hydrogen (secondary N) is 1. The third-order valence-corrected chi connectivity index (χ3v) is 5.38. The molecule has 1 amide bonds. The molecule has 0 bridgehead atoms. The minimum Gasteiger partial charge on any atom is -0.444 e. The zero-order valence-electron chi connectivity index (χ0n) is 17.8. The van der Waals surface area contributed by atoms with E-state index in [1.165, 1.54) is 10.9 Å². The molecule has 1 aromatic heterocycles. The summed E-state index contributed by atoms with van der Waals surface area (Å²) in [7, 11) is 1.69. The molecule has 3 aromatic rings. The first-order valence-electron chi connectivity index (χ1n) is 10.1. The van der Waals surface area contributed by atoms with Crippen molar-refractivity contribution in [2.45, 2.75) is 45.8 Å². The molecule has 0 spiro atoms. The van der Waals surface area contributed by atoms with Crippen LogP contribution in [0.3, 0.4) is 0 Å². The van der Waals surface area contributed by atoms with Gasteiger partial charge < -0.3 is 14.5 Å². The summed E-state index contributed by atoms with van der Waals surface area (Å²) in [6.45, 7) is 8.96. The first-order chi connectivity index (χ1) is 13.7. The Morgan fingerprint density at radius 3 is 2.79 bits per heavy atom. The van der Waals surface area contributed by atoms with E-state index in [2.05, 4.69) is 42.2 Å². The average molecular weight is 396 g/mol. The smallest absolute Gasteiger partial charge is 0.410 e. The van der Waals surface area contributed by atoms with Crippen LogP contribution in [0, 0.1) is 12.8 Å². The first-order valence-corrected chi connectivity index (χ1v) is 10.1. The van der Waals surface area contributed by atoms with Gasteiger partial charge in [0.25, 0.3) is 0 Å². The summed E-state index contributed by atoms with van der Waals surface area (Å²) >= 11 is 0. The number of aromatic nitrogens is 2. The lowest BCUT2D eigenvalue weighted by Gasteiger charge is -2.27. The van der Waals surface area contributed by atoms with E-state index < -0.39 is 5.60 Å². The highest BCUT2D eigenvalue weighted by Gasteiger charge is 2.40. The van der Waals surface area contributed by atoms with E-state index in [-0.39, 0.29) is 18.1 Å². The number of aromatic amines is 1. The van der Waals surface area contributed by atoms with Crippen molar-refractivity contribution < 1.29 is 14.3 Å². The van der Waals surface area contributed by atoms with E-state index in [1.54, 1.807) is 12.0 Å². The van der Waals surface area contributed by atoms with Crippen molar-refractivity contribution in [2.75, 3.05) is 20.3 Å². The Kier molecular flexibility index (Phi) is 4.99. The van der Waals surface area contributed by atoms with Gasteiger partial charge in [-0.1, -0.05) is 29.8 Å². The van der Waals surface area contributed by atoms with Gasteiger partial charge in [0, 0.05) is 25.0 Å². The number of H-pyrrole nitrogens is 1. The highest BCUT2D eigenvalue weighted by molar-refractivity contribution is 6.04. The molecule has 1 aliphatic rings. The Labute approximate surface area is 171 Å². The van der Waals surface area contributed by atoms with Crippen molar-refractivity contribution in [1.82, 2.24) is 14.9 Å². The largest absolute Gasteiger partial charge is 0.444 e. The molecule has 29 heavy (non-hydrogen) atoms. The monoisotopic (exact) mass is 395 g/mol. The fraction of sp³-hybridized carbons (Fsp3) is 0.478. The van der Waals surface area contributed by atoms with Crippen LogP contribution in [-0.2, 0) is 9.47 Å². The molecular formula is C23H29N3O3. The molecule has 1 N–H and O–H groups in total. The van der Waals surface area contributed by atoms with Gasteiger partial charge in [-0.3, -0.25) is 4.90 Å². The maximum atomic E-state index is 12.9. The van der Waals surface area contributed by atoms with Gasteiger partial charge >= 0.3 is 6.09 Å². The maximum absolute atomic E-state index is 12.9. The van der Waals surface area contributed by atoms with Crippen molar-refractivity contribution in [3.8, 4) is 0 Å². The number of fused-ring (bicyclic) bond motifs is 3. The van der Waals surface area contributed by atoms with Gasteiger partial charge in [0.1, 0.15) is 11.4 Å². The van der Waals surface area contributed by atoms with E-state index in [1.807, 2.05) is 20.8 Å². The van der Waals surface area contributed by atoms with Gasteiger partial charge in [-0.05, 0) is 45.6 Å². The Morgan fingerprint density at radius 2 is 2.07 bits per heavy atom. The second-order valence-electron chi connectivity index (χ2n) is 9.01. The van der Waals surface area contributed by atoms with Crippen LogP contribution in [0.2, 0.25) is 0 Å². The van der Waals surface area contributed by atoms with Crippen molar-refractivity contribution in [3.05, 3.63) is 41.7 Å². The summed E-state index contributed by atoms with van der Waals surface area (Å²) in [6.07, 6.45) is 0.492. The highest BCUT2D eigenvalue weighted by Crippen LogP contribution is 2.37. The average Bonchev–Trinajstić information content (AvgIpc) is 3.24. The highest BCUT2D eigenvalue weighted by atomic mass is 16.6. The third-order valence-electron chi connectivity index (χ3n) is 5.38. The van der Waals surface area contributed by atoms with E-state index in [0.717, 1.165) is 28.7 Å². The number of likely N-dealkylation sites (tertiary alicyclic amines) is 1. The minimum absolute atomic E-state index is 0.155. The summed E-state index contributed by atoms with van der Waals surface area (Å²) < 4.78 is 11.0. The predicted molar refractivity (Wildman–Crippen MR) is 114 cm³/mol. The lowest BCUT2D eigenvalue weighted by molar-refractivity contribution is 0.0209. The molecular weight excluding hydrogens is 366 g/mol. The molecule has 2 atom stereocenters. The molecule has 0 radical (unpaired) electrons. The molecule has 0 unspecified atom stereocenters. The van der Waals surface area contributed by atoms with Crippen LogP contribution >= 0.6 is 0 Å². The Morgan fingerprint density at radius 1 is 1.28 bits per heavy atom. The molecule has 2 heterocycles. The van der Waals surface area contributed by atoms with Gasteiger partial charge in [0.15, 0.2) is 0 Å². The summed E-state index contributed by atoms with van der Waals surface area (Å²) in [5, 5.41) is 2.29. The van der Waals surface area contributed by atoms with Crippen molar-refractivity contribution in [3.63, 3.8) is 0 Å². The minimum atomic E-state index is -0.539. The number of methoxy groups -OCH3 is 1. The number of benzene rings is 2. The second kappa shape index (κ2) is 7.34. The number of imidazole rings is 1. The standard InChI is InChI=1S/C23H29N3O3/c1-14-6-8-17-16(10-14)7-9-18-20(17)25-21(24-18)19-11-15(13-28-5)12-26(19)22(27)29-23(2,3)4/h6-10,15,19H,11-13H2,1-5H3,(H,24,25)/t15-,19-/m0/s1. The molecule has 6 nitrogen and oxygen atoms in total. The first kappa shape index (κ1) is 19.7. The van der Waals surface area contributed by atoms with Crippen molar-refractivity contribution in [1.29, 1.82) is 0 Å². The molecule has 1 saturated heterocycles. The fourth-order valence-corrected chi connectivity index (χ4v) is 4.16. The van der Waals surface area contributed by atoms with Gasteiger partial charge in [0.05, 0.1) is 23.7 Å². The lowest BCUT2D eigenvalue weighted by Crippen LogP contribution is -2.37. The Hall–Kier alpha value is -2.60.